The van der Waals surface area contributed by atoms with Crippen molar-refractivity contribution in [1.29, 1.82) is 0 Å². The third-order valence-corrected chi connectivity index (χ3v) is 5.70. The van der Waals surface area contributed by atoms with Gasteiger partial charge in [-0.3, -0.25) is 14.4 Å². The number of amides is 1. The second kappa shape index (κ2) is 8.24. The number of aromatic nitrogens is 2. The fraction of sp³-hybridized carbons (Fsp3) is 0.524. The van der Waals surface area contributed by atoms with Crippen molar-refractivity contribution < 1.29 is 14.3 Å². The molecule has 8 heteroatoms. The maximum absolute atomic E-state index is 13.1. The van der Waals surface area contributed by atoms with Crippen molar-refractivity contribution in [1.82, 2.24) is 19.6 Å². The van der Waals surface area contributed by atoms with E-state index in [0.29, 0.717) is 42.0 Å². The van der Waals surface area contributed by atoms with Crippen LogP contribution in [-0.2, 0) is 13.1 Å². The molecule has 1 fully saturated rings. The second-order valence-electron chi connectivity index (χ2n) is 8.08. The highest BCUT2D eigenvalue weighted by atomic mass is 35.5. The molecule has 2 aliphatic rings. The summed E-state index contributed by atoms with van der Waals surface area (Å²) in [5.74, 6) is 1.99. The number of ether oxygens (including phenoxy) is 2. The van der Waals surface area contributed by atoms with Crippen LogP contribution in [0.2, 0.25) is 5.15 Å². The monoisotopic (exact) mass is 418 g/mol. The average Bonchev–Trinajstić information content (AvgIpc) is 3.25. The Balaban J connectivity index is 1.37. The van der Waals surface area contributed by atoms with Crippen LogP contribution in [0.5, 0.6) is 11.5 Å². The fourth-order valence-corrected chi connectivity index (χ4v) is 4.15. The first-order valence-electron chi connectivity index (χ1n) is 10.1. The molecule has 156 valence electrons. The topological polar surface area (TPSA) is 59.8 Å². The van der Waals surface area contributed by atoms with Crippen molar-refractivity contribution in [3.8, 4) is 11.5 Å². The minimum atomic E-state index is -0.0229. The summed E-state index contributed by atoms with van der Waals surface area (Å²) < 4.78 is 12.6. The van der Waals surface area contributed by atoms with Gasteiger partial charge in [-0.25, -0.2) is 0 Å². The Morgan fingerprint density at radius 1 is 1.17 bits per heavy atom. The first-order valence-corrected chi connectivity index (χ1v) is 10.4. The predicted octanol–water partition coefficient (Wildman–Crippen LogP) is 3.19. The molecular weight excluding hydrogens is 392 g/mol. The summed E-state index contributed by atoms with van der Waals surface area (Å²) in [5.41, 5.74) is 2.42. The molecule has 29 heavy (non-hydrogen) atoms. The molecule has 1 aromatic heterocycles. The molecule has 0 bridgehead atoms. The lowest BCUT2D eigenvalue weighted by molar-refractivity contribution is 0.0628. The van der Waals surface area contributed by atoms with Crippen molar-refractivity contribution in [2.24, 2.45) is 5.92 Å². The van der Waals surface area contributed by atoms with Crippen LogP contribution in [0, 0.1) is 12.8 Å². The van der Waals surface area contributed by atoms with Gasteiger partial charge in [0.05, 0.1) is 11.3 Å². The molecule has 0 spiro atoms. The average molecular weight is 419 g/mol. The highest BCUT2D eigenvalue weighted by molar-refractivity contribution is 6.33. The first-order chi connectivity index (χ1) is 13.9. The summed E-state index contributed by atoms with van der Waals surface area (Å²) in [5, 5.41) is 4.92. The molecule has 0 radical (unpaired) electrons. The SMILES string of the molecule is Cc1nn(CC(C)C)c(Cl)c1C(=O)N1CCN(Cc2ccc3c(c2)OCO3)CC1. The largest absolute Gasteiger partial charge is 0.454 e. The lowest BCUT2D eigenvalue weighted by Gasteiger charge is -2.34. The smallest absolute Gasteiger partial charge is 0.258 e. The highest BCUT2D eigenvalue weighted by Gasteiger charge is 2.28. The Hall–Kier alpha value is -2.25. The van der Waals surface area contributed by atoms with Crippen molar-refractivity contribution in [2.45, 2.75) is 33.9 Å². The Morgan fingerprint density at radius 2 is 1.90 bits per heavy atom. The zero-order valence-corrected chi connectivity index (χ0v) is 17.9. The highest BCUT2D eigenvalue weighted by Crippen LogP contribution is 2.33. The van der Waals surface area contributed by atoms with Crippen LogP contribution in [-0.4, -0.2) is 58.5 Å². The second-order valence-corrected chi connectivity index (χ2v) is 8.44. The van der Waals surface area contributed by atoms with E-state index in [1.807, 2.05) is 24.0 Å². The van der Waals surface area contributed by atoms with Crippen LogP contribution in [0.1, 0.15) is 35.5 Å². The van der Waals surface area contributed by atoms with E-state index in [1.165, 1.54) is 5.56 Å². The predicted molar refractivity (Wildman–Crippen MR) is 111 cm³/mol. The maximum atomic E-state index is 13.1. The van der Waals surface area contributed by atoms with E-state index >= 15 is 0 Å². The van der Waals surface area contributed by atoms with E-state index < -0.39 is 0 Å². The summed E-state index contributed by atoms with van der Waals surface area (Å²) in [4.78, 5) is 17.3. The van der Waals surface area contributed by atoms with Gasteiger partial charge in [-0.05, 0) is 30.5 Å². The van der Waals surface area contributed by atoms with E-state index in [1.54, 1.807) is 4.68 Å². The van der Waals surface area contributed by atoms with E-state index in [9.17, 15) is 4.79 Å². The molecule has 0 unspecified atom stereocenters. The van der Waals surface area contributed by atoms with Crippen molar-refractivity contribution in [3.63, 3.8) is 0 Å². The van der Waals surface area contributed by atoms with Gasteiger partial charge in [0.25, 0.3) is 5.91 Å². The lowest BCUT2D eigenvalue weighted by atomic mass is 10.1. The van der Waals surface area contributed by atoms with Crippen LogP contribution >= 0.6 is 11.6 Å². The Morgan fingerprint density at radius 3 is 2.62 bits per heavy atom. The number of benzene rings is 1. The van der Waals surface area contributed by atoms with Gasteiger partial charge in [0.1, 0.15) is 5.15 Å². The lowest BCUT2D eigenvalue weighted by Crippen LogP contribution is -2.48. The molecule has 7 nitrogen and oxygen atoms in total. The summed E-state index contributed by atoms with van der Waals surface area (Å²) in [6.07, 6.45) is 0. The minimum Gasteiger partial charge on any atom is -0.454 e. The van der Waals surface area contributed by atoms with Crippen LogP contribution in [0.3, 0.4) is 0 Å². The third kappa shape index (κ3) is 4.21. The van der Waals surface area contributed by atoms with Gasteiger partial charge < -0.3 is 14.4 Å². The minimum absolute atomic E-state index is 0.0229. The number of fused-ring (bicyclic) bond motifs is 1. The summed E-state index contributed by atoms with van der Waals surface area (Å²) in [7, 11) is 0. The number of rotatable bonds is 5. The number of carbonyl (C=O) groups is 1. The normalized spacial score (nSPS) is 16.7. The molecule has 0 saturated carbocycles. The van der Waals surface area contributed by atoms with Crippen LogP contribution in [0.25, 0.3) is 0 Å². The number of hydrogen-bond acceptors (Lipinski definition) is 5. The van der Waals surface area contributed by atoms with E-state index in [-0.39, 0.29) is 12.7 Å². The molecule has 1 saturated heterocycles. The molecule has 0 aliphatic carbocycles. The number of aryl methyl sites for hydroxylation is 1. The van der Waals surface area contributed by atoms with Gasteiger partial charge in [0.2, 0.25) is 6.79 Å². The zero-order valence-electron chi connectivity index (χ0n) is 17.2. The summed E-state index contributed by atoms with van der Waals surface area (Å²) in [6.45, 7) is 10.9. The molecule has 1 amide bonds. The van der Waals surface area contributed by atoms with Gasteiger partial charge in [-0.2, -0.15) is 5.10 Å². The quantitative estimate of drug-likeness (QED) is 0.746. The molecule has 3 heterocycles. The molecule has 0 atom stereocenters. The van der Waals surface area contributed by atoms with Crippen molar-refractivity contribution in [3.05, 3.63) is 40.2 Å². The van der Waals surface area contributed by atoms with Crippen LogP contribution < -0.4 is 9.47 Å². The molecule has 0 N–H and O–H groups in total. The molecular formula is C21H27ClN4O3. The van der Waals surface area contributed by atoms with Crippen molar-refractivity contribution >= 4 is 17.5 Å². The maximum Gasteiger partial charge on any atom is 0.258 e. The van der Waals surface area contributed by atoms with Crippen LogP contribution in [0.4, 0.5) is 0 Å². The first kappa shape index (κ1) is 20.0. The van der Waals surface area contributed by atoms with E-state index in [4.69, 9.17) is 21.1 Å². The van der Waals surface area contributed by atoms with E-state index in [0.717, 1.165) is 31.1 Å². The standard InChI is InChI=1S/C21H27ClN4O3/c1-14(2)11-26-20(22)19(15(3)23-26)21(27)25-8-6-24(7-9-25)12-16-4-5-17-18(10-16)29-13-28-17/h4-5,10,14H,6-9,11-13H2,1-3H3. The van der Waals surface area contributed by atoms with Gasteiger partial charge in [0, 0.05) is 39.3 Å². The number of piperazine rings is 1. The van der Waals surface area contributed by atoms with Gasteiger partial charge in [0.15, 0.2) is 11.5 Å². The summed E-state index contributed by atoms with van der Waals surface area (Å²) >= 11 is 6.49. The third-order valence-electron chi connectivity index (χ3n) is 5.32. The Bertz CT molecular complexity index is 904. The molecule has 2 aromatic rings. The van der Waals surface area contributed by atoms with E-state index in [2.05, 4.69) is 29.9 Å². The Labute approximate surface area is 176 Å². The number of nitrogens with zero attached hydrogens (tertiary/aromatic N) is 4. The molecule has 4 rings (SSSR count). The van der Waals surface area contributed by atoms with Gasteiger partial charge >= 0.3 is 0 Å². The van der Waals surface area contributed by atoms with Gasteiger partial charge in [-0.15, -0.1) is 0 Å². The molecule has 1 aromatic carbocycles. The van der Waals surface area contributed by atoms with Gasteiger partial charge in [-0.1, -0.05) is 31.5 Å². The number of hydrogen-bond donors (Lipinski definition) is 0. The number of carbonyl (C=O) groups excluding carboxylic acids is 1. The number of halogens is 1. The summed E-state index contributed by atoms with van der Waals surface area (Å²) in [6, 6.07) is 6.06. The molecule has 2 aliphatic heterocycles. The van der Waals surface area contributed by atoms with Crippen LogP contribution in [0.15, 0.2) is 18.2 Å². The fourth-order valence-electron chi connectivity index (χ4n) is 3.83. The Kier molecular flexibility index (Phi) is 5.69. The van der Waals surface area contributed by atoms with Crippen molar-refractivity contribution in [2.75, 3.05) is 33.0 Å². The zero-order chi connectivity index (χ0) is 20.5.